The Balaban J connectivity index is 0.00000576. The van der Waals surface area contributed by atoms with Gasteiger partial charge < -0.3 is 16.0 Å². The van der Waals surface area contributed by atoms with Gasteiger partial charge in [-0.3, -0.25) is 9.79 Å². The van der Waals surface area contributed by atoms with E-state index in [-0.39, 0.29) is 41.3 Å². The third-order valence-electron chi connectivity index (χ3n) is 3.70. The molecule has 0 heterocycles. The highest BCUT2D eigenvalue weighted by Crippen LogP contribution is 2.16. The second kappa shape index (κ2) is 11.3. The highest BCUT2D eigenvalue weighted by molar-refractivity contribution is 14.0. The summed E-state index contributed by atoms with van der Waals surface area (Å²) in [4.78, 5) is 16.4. The van der Waals surface area contributed by atoms with Gasteiger partial charge in [-0.15, -0.1) is 24.0 Å². The van der Waals surface area contributed by atoms with E-state index in [1.54, 1.807) is 0 Å². The van der Waals surface area contributed by atoms with Crippen LogP contribution >= 0.6 is 24.0 Å². The van der Waals surface area contributed by atoms with Crippen LogP contribution in [0.1, 0.15) is 51.8 Å². The number of carbonyl (C=O) groups excluding carboxylic acids is 1. The van der Waals surface area contributed by atoms with E-state index in [0.29, 0.717) is 13.1 Å². The molecule has 0 aliphatic rings. The number of aryl methyl sites for hydroxylation is 1. The Morgan fingerprint density at radius 3 is 2.40 bits per heavy atom. The molecule has 0 aliphatic heterocycles. The summed E-state index contributed by atoms with van der Waals surface area (Å²) >= 11 is 0. The number of halogens is 1. The summed E-state index contributed by atoms with van der Waals surface area (Å²) in [5.74, 6) is 0.808. The molecule has 0 bridgehead atoms. The molecule has 1 atom stereocenters. The predicted octanol–water partition coefficient (Wildman–Crippen LogP) is 3.39. The van der Waals surface area contributed by atoms with Crippen LogP contribution < -0.4 is 16.0 Å². The van der Waals surface area contributed by atoms with Crippen LogP contribution in [0.3, 0.4) is 0 Å². The first-order valence-corrected chi connectivity index (χ1v) is 8.64. The first-order chi connectivity index (χ1) is 11.3. The van der Waals surface area contributed by atoms with Crippen LogP contribution in [-0.4, -0.2) is 31.5 Å². The smallest absolute Gasteiger partial charge is 0.225 e. The molecular formula is C19H33IN4O. The van der Waals surface area contributed by atoms with Crippen LogP contribution in [0.15, 0.2) is 29.3 Å². The van der Waals surface area contributed by atoms with Gasteiger partial charge in [-0.05, 0) is 31.9 Å². The van der Waals surface area contributed by atoms with Crippen LogP contribution in [0.2, 0.25) is 0 Å². The summed E-state index contributed by atoms with van der Waals surface area (Å²) in [6.45, 7) is 13.8. The van der Waals surface area contributed by atoms with Gasteiger partial charge >= 0.3 is 0 Å². The van der Waals surface area contributed by atoms with Crippen molar-refractivity contribution in [2.75, 3.05) is 19.6 Å². The van der Waals surface area contributed by atoms with Crippen molar-refractivity contribution in [3.05, 3.63) is 35.4 Å². The lowest BCUT2D eigenvalue weighted by molar-refractivity contribution is -0.128. The molecule has 1 unspecified atom stereocenters. The zero-order valence-corrected chi connectivity index (χ0v) is 18.6. The zero-order valence-electron chi connectivity index (χ0n) is 16.3. The molecule has 1 aromatic carbocycles. The van der Waals surface area contributed by atoms with Crippen molar-refractivity contribution in [3.8, 4) is 0 Å². The molecule has 6 heteroatoms. The van der Waals surface area contributed by atoms with Crippen molar-refractivity contribution in [2.45, 2.75) is 47.6 Å². The highest BCUT2D eigenvalue weighted by atomic mass is 127. The number of nitrogens with zero attached hydrogens (tertiary/aromatic N) is 1. The second-order valence-corrected chi connectivity index (χ2v) is 6.99. The fourth-order valence-corrected chi connectivity index (χ4v) is 2.28. The summed E-state index contributed by atoms with van der Waals surface area (Å²) in [5, 5.41) is 9.58. The zero-order chi connectivity index (χ0) is 18.2. The van der Waals surface area contributed by atoms with Gasteiger partial charge in [0.05, 0.1) is 12.6 Å². The van der Waals surface area contributed by atoms with E-state index in [0.717, 1.165) is 12.5 Å². The third kappa shape index (κ3) is 8.56. The van der Waals surface area contributed by atoms with Gasteiger partial charge in [0.1, 0.15) is 0 Å². The average Bonchev–Trinajstić information content (AvgIpc) is 2.50. The van der Waals surface area contributed by atoms with Crippen LogP contribution in [-0.2, 0) is 4.79 Å². The molecule has 0 radical (unpaired) electrons. The minimum atomic E-state index is -0.369. The first-order valence-electron chi connectivity index (χ1n) is 8.64. The Bertz CT molecular complexity index is 567. The highest BCUT2D eigenvalue weighted by Gasteiger charge is 2.20. The van der Waals surface area contributed by atoms with E-state index in [1.807, 2.05) is 39.8 Å². The van der Waals surface area contributed by atoms with Gasteiger partial charge in [0, 0.05) is 18.5 Å². The number of aliphatic imine (C=N–C) groups is 1. The summed E-state index contributed by atoms with van der Waals surface area (Å²) in [6.07, 6.45) is 0. The summed E-state index contributed by atoms with van der Waals surface area (Å²) in [7, 11) is 0. The van der Waals surface area contributed by atoms with Crippen LogP contribution in [0.25, 0.3) is 0 Å². The molecule has 3 N–H and O–H groups in total. The fourth-order valence-electron chi connectivity index (χ4n) is 2.28. The number of benzene rings is 1. The molecule has 1 rings (SSSR count). The van der Waals surface area contributed by atoms with Gasteiger partial charge in [-0.25, -0.2) is 0 Å². The Kier molecular flexibility index (Phi) is 10.7. The number of carbonyl (C=O) groups is 1. The maximum Gasteiger partial charge on any atom is 0.225 e. The van der Waals surface area contributed by atoms with Gasteiger partial charge in [-0.1, -0.05) is 45.0 Å². The van der Waals surface area contributed by atoms with Crippen LogP contribution in [0, 0.1) is 12.3 Å². The van der Waals surface area contributed by atoms with Crippen molar-refractivity contribution in [2.24, 2.45) is 10.4 Å². The monoisotopic (exact) mass is 460 g/mol. The Hall–Kier alpha value is -1.31. The summed E-state index contributed by atoms with van der Waals surface area (Å²) < 4.78 is 0. The molecule has 0 spiro atoms. The standard InChI is InChI=1S/C19H32N4O.HI/c1-7-20-18(22-13-12-21-17(24)19(4,5)6)23-15(3)16-11-9-8-10-14(16)2;/h8-11,15H,7,12-13H2,1-6H3,(H,21,24)(H2,20,22,23);1H. The molecule has 0 saturated heterocycles. The Labute approximate surface area is 169 Å². The van der Waals surface area contributed by atoms with Gasteiger partial charge in [0.25, 0.3) is 0 Å². The van der Waals surface area contributed by atoms with Gasteiger partial charge in [0.15, 0.2) is 5.96 Å². The van der Waals surface area contributed by atoms with E-state index >= 15 is 0 Å². The molecule has 0 saturated carbocycles. The topological polar surface area (TPSA) is 65.5 Å². The summed E-state index contributed by atoms with van der Waals surface area (Å²) in [5.41, 5.74) is 2.14. The molecule has 1 aromatic rings. The van der Waals surface area contributed by atoms with Crippen molar-refractivity contribution in [1.29, 1.82) is 0 Å². The quantitative estimate of drug-likeness (QED) is 0.264. The molecule has 25 heavy (non-hydrogen) atoms. The lowest BCUT2D eigenvalue weighted by atomic mass is 9.96. The van der Waals surface area contributed by atoms with E-state index < -0.39 is 0 Å². The predicted molar refractivity (Wildman–Crippen MR) is 117 cm³/mol. The lowest BCUT2D eigenvalue weighted by Crippen LogP contribution is -2.40. The number of rotatable bonds is 6. The van der Waals surface area contributed by atoms with Crippen molar-refractivity contribution >= 4 is 35.8 Å². The number of hydrogen-bond donors (Lipinski definition) is 3. The van der Waals surface area contributed by atoms with E-state index in [4.69, 9.17) is 0 Å². The molecule has 0 aromatic heterocycles. The van der Waals surface area contributed by atoms with Gasteiger partial charge in [0.2, 0.25) is 5.91 Å². The van der Waals surface area contributed by atoms with Crippen molar-refractivity contribution in [1.82, 2.24) is 16.0 Å². The molecule has 0 fully saturated rings. The number of amides is 1. The molecule has 5 nitrogen and oxygen atoms in total. The third-order valence-corrected chi connectivity index (χ3v) is 3.70. The maximum absolute atomic E-state index is 11.8. The molecule has 1 amide bonds. The van der Waals surface area contributed by atoms with Crippen LogP contribution in [0.5, 0.6) is 0 Å². The lowest BCUT2D eigenvalue weighted by Gasteiger charge is -2.20. The van der Waals surface area contributed by atoms with Crippen molar-refractivity contribution < 1.29 is 4.79 Å². The Morgan fingerprint density at radius 1 is 1.20 bits per heavy atom. The number of nitrogens with one attached hydrogen (secondary N) is 3. The maximum atomic E-state index is 11.8. The minimum absolute atomic E-state index is 0. The normalized spacial score (nSPS) is 12.8. The molecular weight excluding hydrogens is 427 g/mol. The second-order valence-electron chi connectivity index (χ2n) is 6.99. The largest absolute Gasteiger partial charge is 0.357 e. The average molecular weight is 460 g/mol. The fraction of sp³-hybridized carbons (Fsp3) is 0.579. The van der Waals surface area contributed by atoms with E-state index in [1.165, 1.54) is 11.1 Å². The van der Waals surface area contributed by atoms with Gasteiger partial charge in [-0.2, -0.15) is 0 Å². The van der Waals surface area contributed by atoms with Crippen LogP contribution in [0.4, 0.5) is 0 Å². The van der Waals surface area contributed by atoms with E-state index in [9.17, 15) is 4.79 Å². The minimum Gasteiger partial charge on any atom is -0.357 e. The first kappa shape index (κ1) is 23.7. The molecule has 0 aliphatic carbocycles. The van der Waals surface area contributed by atoms with Crippen molar-refractivity contribution in [3.63, 3.8) is 0 Å². The SMILES string of the molecule is CCNC(=NCCNC(=O)C(C)(C)C)NC(C)c1ccccc1C.I. The number of guanidine groups is 1. The molecule has 142 valence electrons. The summed E-state index contributed by atoms with van der Waals surface area (Å²) in [6, 6.07) is 8.49. The Morgan fingerprint density at radius 2 is 1.84 bits per heavy atom. The number of hydrogen-bond acceptors (Lipinski definition) is 2. The van der Waals surface area contributed by atoms with E-state index in [2.05, 4.69) is 46.9 Å².